The van der Waals surface area contributed by atoms with Crippen LogP contribution in [0.2, 0.25) is 0 Å². The van der Waals surface area contributed by atoms with Crippen LogP contribution in [0.25, 0.3) is 11.1 Å². The first-order chi connectivity index (χ1) is 8.99. The minimum Gasteiger partial charge on any atom is -0.365 e. The Balaban J connectivity index is 2.34. The Morgan fingerprint density at radius 1 is 1.26 bits per heavy atom. The summed E-state index contributed by atoms with van der Waals surface area (Å²) in [6, 6.07) is 10.6. The molecule has 0 saturated carbocycles. The lowest BCUT2D eigenvalue weighted by molar-refractivity contribution is 0.100. The Hall–Kier alpha value is -1.65. The molecule has 2 N–H and O–H groups in total. The lowest BCUT2D eigenvalue weighted by Gasteiger charge is -2.20. The highest BCUT2D eigenvalue weighted by Crippen LogP contribution is 2.28. The average molecular weight is 274 g/mol. The summed E-state index contributed by atoms with van der Waals surface area (Å²) >= 11 is 1.39. The Kier molecular flexibility index (Phi) is 4.02. The van der Waals surface area contributed by atoms with Crippen molar-refractivity contribution in [2.75, 3.05) is 14.1 Å². The van der Waals surface area contributed by atoms with Gasteiger partial charge in [0.15, 0.2) is 0 Å². The molecule has 3 nitrogen and oxygen atoms in total. The molecule has 0 aliphatic carbocycles. The van der Waals surface area contributed by atoms with E-state index in [1.807, 2.05) is 17.5 Å². The van der Waals surface area contributed by atoms with Crippen molar-refractivity contribution in [3.8, 4) is 11.1 Å². The summed E-state index contributed by atoms with van der Waals surface area (Å²) in [7, 11) is 4.13. The van der Waals surface area contributed by atoms with Crippen LogP contribution in [0, 0.1) is 0 Å². The summed E-state index contributed by atoms with van der Waals surface area (Å²) in [6.07, 6.45) is 0. The van der Waals surface area contributed by atoms with Crippen molar-refractivity contribution in [2.24, 2.45) is 5.73 Å². The molecule has 1 heterocycles. The maximum atomic E-state index is 11.1. The van der Waals surface area contributed by atoms with Crippen molar-refractivity contribution >= 4 is 17.2 Å². The second-order valence-corrected chi connectivity index (χ2v) is 5.74. The molecular formula is C15H18N2OS. The van der Waals surface area contributed by atoms with Crippen LogP contribution in [-0.4, -0.2) is 24.9 Å². The van der Waals surface area contributed by atoms with Gasteiger partial charge in [0.1, 0.15) is 0 Å². The predicted molar refractivity (Wildman–Crippen MR) is 80.4 cm³/mol. The summed E-state index contributed by atoms with van der Waals surface area (Å²) in [4.78, 5) is 13.9. The van der Waals surface area contributed by atoms with Gasteiger partial charge in [-0.25, -0.2) is 0 Å². The second-order valence-electron chi connectivity index (χ2n) is 4.83. The Morgan fingerprint density at radius 2 is 2.00 bits per heavy atom. The lowest BCUT2D eigenvalue weighted by Crippen LogP contribution is -2.16. The number of benzene rings is 1. The number of nitrogens with two attached hydrogens (primary N) is 1. The highest BCUT2D eigenvalue weighted by atomic mass is 32.1. The largest absolute Gasteiger partial charge is 0.365 e. The van der Waals surface area contributed by atoms with Crippen LogP contribution in [-0.2, 0) is 0 Å². The lowest BCUT2D eigenvalue weighted by atomic mass is 10.0. The normalized spacial score (nSPS) is 12.6. The third-order valence-corrected chi connectivity index (χ3v) is 4.26. The van der Waals surface area contributed by atoms with E-state index in [-0.39, 0.29) is 5.91 Å². The number of carbonyl (C=O) groups excluding carboxylic acids is 1. The quantitative estimate of drug-likeness (QED) is 0.931. The van der Waals surface area contributed by atoms with Gasteiger partial charge < -0.3 is 10.6 Å². The van der Waals surface area contributed by atoms with Crippen molar-refractivity contribution in [3.63, 3.8) is 0 Å². The average Bonchev–Trinajstić information content (AvgIpc) is 2.87. The molecular weight excluding hydrogens is 256 g/mol. The molecule has 0 fully saturated rings. The van der Waals surface area contributed by atoms with Gasteiger partial charge in [0.2, 0.25) is 0 Å². The molecule has 1 aromatic heterocycles. The van der Waals surface area contributed by atoms with E-state index in [1.54, 1.807) is 0 Å². The standard InChI is InChI=1S/C15H18N2OS/c1-10(17(2)3)11-5-4-6-12(7-11)13-8-14(15(16)18)19-9-13/h4-10H,1-3H3,(H2,16,18)/t10-/m0/s1. The van der Waals surface area contributed by atoms with Crippen LogP contribution >= 0.6 is 11.3 Å². The molecule has 0 radical (unpaired) electrons. The molecule has 0 aliphatic rings. The second kappa shape index (κ2) is 5.55. The number of primary amides is 1. The molecule has 1 aromatic carbocycles. The van der Waals surface area contributed by atoms with Crippen LogP contribution in [0.5, 0.6) is 0 Å². The fraction of sp³-hybridized carbons (Fsp3) is 0.267. The fourth-order valence-corrected chi connectivity index (χ4v) is 2.66. The van der Waals surface area contributed by atoms with Gasteiger partial charge in [-0.2, -0.15) is 0 Å². The summed E-state index contributed by atoms with van der Waals surface area (Å²) in [5.41, 5.74) is 8.71. The zero-order valence-electron chi connectivity index (χ0n) is 11.4. The number of thiophene rings is 1. The zero-order chi connectivity index (χ0) is 14.0. The molecule has 2 rings (SSSR count). The molecule has 19 heavy (non-hydrogen) atoms. The van der Waals surface area contributed by atoms with Crippen molar-refractivity contribution in [2.45, 2.75) is 13.0 Å². The molecule has 2 aromatic rings. The summed E-state index contributed by atoms with van der Waals surface area (Å²) < 4.78 is 0. The van der Waals surface area contributed by atoms with Crippen molar-refractivity contribution in [1.29, 1.82) is 0 Å². The number of nitrogens with zero attached hydrogens (tertiary/aromatic N) is 1. The number of carbonyl (C=O) groups is 1. The molecule has 4 heteroatoms. The number of rotatable bonds is 4. The monoisotopic (exact) mass is 274 g/mol. The van der Waals surface area contributed by atoms with Crippen LogP contribution in [0.15, 0.2) is 35.7 Å². The van der Waals surface area contributed by atoms with E-state index in [0.29, 0.717) is 10.9 Å². The number of hydrogen-bond donors (Lipinski definition) is 1. The van der Waals surface area contributed by atoms with Gasteiger partial charge in [-0.1, -0.05) is 18.2 Å². The highest BCUT2D eigenvalue weighted by molar-refractivity contribution is 7.12. The minimum absolute atomic E-state index is 0.356. The third kappa shape index (κ3) is 3.03. The van der Waals surface area contributed by atoms with Crippen molar-refractivity contribution in [3.05, 3.63) is 46.2 Å². The SMILES string of the molecule is C[C@@H](c1cccc(-c2csc(C(N)=O)c2)c1)N(C)C. The van der Waals surface area contributed by atoms with Gasteiger partial charge in [-0.15, -0.1) is 11.3 Å². The Labute approximate surface area is 117 Å². The predicted octanol–water partition coefficient (Wildman–Crippen LogP) is 3.14. The molecule has 0 bridgehead atoms. The molecule has 0 unspecified atom stereocenters. The van der Waals surface area contributed by atoms with Gasteiger partial charge in [-0.05, 0) is 55.2 Å². The smallest absolute Gasteiger partial charge is 0.258 e. The van der Waals surface area contributed by atoms with Crippen LogP contribution < -0.4 is 5.73 Å². The van der Waals surface area contributed by atoms with E-state index in [0.717, 1.165) is 11.1 Å². The van der Waals surface area contributed by atoms with E-state index in [9.17, 15) is 4.79 Å². The minimum atomic E-state index is -0.367. The molecule has 100 valence electrons. The molecule has 0 saturated heterocycles. The Morgan fingerprint density at radius 3 is 2.58 bits per heavy atom. The summed E-state index contributed by atoms with van der Waals surface area (Å²) in [5, 5.41) is 1.97. The summed E-state index contributed by atoms with van der Waals surface area (Å²) in [6.45, 7) is 2.17. The van der Waals surface area contributed by atoms with Gasteiger partial charge in [0, 0.05) is 6.04 Å². The van der Waals surface area contributed by atoms with Crippen LogP contribution in [0.4, 0.5) is 0 Å². The van der Waals surface area contributed by atoms with Crippen LogP contribution in [0.1, 0.15) is 28.2 Å². The van der Waals surface area contributed by atoms with E-state index < -0.39 is 0 Å². The molecule has 0 aliphatic heterocycles. The number of amides is 1. The van der Waals surface area contributed by atoms with Crippen LogP contribution in [0.3, 0.4) is 0 Å². The Bertz CT molecular complexity index is 589. The highest BCUT2D eigenvalue weighted by Gasteiger charge is 2.10. The number of hydrogen-bond acceptors (Lipinski definition) is 3. The van der Waals surface area contributed by atoms with Gasteiger partial charge >= 0.3 is 0 Å². The summed E-state index contributed by atoms with van der Waals surface area (Å²) in [5.74, 6) is -0.367. The van der Waals surface area contributed by atoms with Gasteiger partial charge in [0.05, 0.1) is 4.88 Å². The molecule has 1 atom stereocenters. The molecule has 0 spiro atoms. The van der Waals surface area contributed by atoms with Crippen molar-refractivity contribution < 1.29 is 4.79 Å². The third-order valence-electron chi connectivity index (χ3n) is 3.32. The van der Waals surface area contributed by atoms with E-state index in [4.69, 9.17) is 5.73 Å². The molecule has 1 amide bonds. The first kappa shape index (κ1) is 13.8. The maximum absolute atomic E-state index is 11.1. The van der Waals surface area contributed by atoms with E-state index in [1.165, 1.54) is 16.9 Å². The first-order valence-corrected chi connectivity index (χ1v) is 7.02. The first-order valence-electron chi connectivity index (χ1n) is 6.14. The van der Waals surface area contributed by atoms with Crippen molar-refractivity contribution in [1.82, 2.24) is 4.90 Å². The van der Waals surface area contributed by atoms with E-state index >= 15 is 0 Å². The zero-order valence-corrected chi connectivity index (χ0v) is 12.2. The van der Waals surface area contributed by atoms with Gasteiger partial charge in [-0.3, -0.25) is 4.79 Å². The topological polar surface area (TPSA) is 46.3 Å². The van der Waals surface area contributed by atoms with E-state index in [2.05, 4.69) is 44.1 Å². The van der Waals surface area contributed by atoms with Gasteiger partial charge in [0.25, 0.3) is 5.91 Å². The fourth-order valence-electron chi connectivity index (χ4n) is 1.89. The maximum Gasteiger partial charge on any atom is 0.258 e.